The topological polar surface area (TPSA) is 67.7 Å². The van der Waals surface area contributed by atoms with Crippen LogP contribution >= 0.6 is 11.8 Å². The Labute approximate surface area is 160 Å². The molecule has 0 saturated heterocycles. The molecule has 0 fully saturated rings. The van der Waals surface area contributed by atoms with Crippen molar-refractivity contribution in [2.24, 2.45) is 4.99 Å². The number of carbonyl (C=O) groups is 1. The summed E-state index contributed by atoms with van der Waals surface area (Å²) >= 11 is 1.46. The highest BCUT2D eigenvalue weighted by molar-refractivity contribution is 7.98. The molecule has 8 heteroatoms. The van der Waals surface area contributed by atoms with Crippen molar-refractivity contribution in [1.82, 2.24) is 9.97 Å². The Bertz CT molecular complexity index is 1020. The third-order valence-corrected chi connectivity index (χ3v) is 5.18. The van der Waals surface area contributed by atoms with E-state index in [9.17, 15) is 4.79 Å². The van der Waals surface area contributed by atoms with Gasteiger partial charge in [0.25, 0.3) is 0 Å². The Morgan fingerprint density at radius 2 is 2.19 bits per heavy atom. The molecule has 0 radical (unpaired) electrons. The Morgan fingerprint density at radius 1 is 1.37 bits per heavy atom. The van der Waals surface area contributed by atoms with Crippen LogP contribution in [0.1, 0.15) is 27.0 Å². The molecule has 0 atom stereocenters. The number of rotatable bonds is 3. The van der Waals surface area contributed by atoms with Gasteiger partial charge in [0.2, 0.25) is 0 Å². The van der Waals surface area contributed by atoms with Crippen molar-refractivity contribution in [3.63, 3.8) is 0 Å². The third-order valence-electron chi connectivity index (χ3n) is 4.62. The number of aliphatic imine (C=N–C) groups is 1. The van der Waals surface area contributed by atoms with Crippen LogP contribution in [0.2, 0.25) is 0 Å². The second-order valence-corrected chi connectivity index (χ2v) is 6.93. The number of hydrogen-bond acceptors (Lipinski definition) is 7. The quantitative estimate of drug-likeness (QED) is 0.460. The molecule has 2 aliphatic rings. The van der Waals surface area contributed by atoms with Crippen molar-refractivity contribution in [3.05, 3.63) is 46.4 Å². The number of nitrogens with zero attached hydrogens (tertiary/aromatic N) is 4. The maximum absolute atomic E-state index is 15.3. The minimum atomic E-state index is -0.705. The summed E-state index contributed by atoms with van der Waals surface area (Å²) in [6.45, 7) is 3.08. The van der Waals surface area contributed by atoms with Gasteiger partial charge in [-0.1, -0.05) is 17.8 Å². The van der Waals surface area contributed by atoms with Crippen molar-refractivity contribution in [2.45, 2.75) is 12.1 Å². The predicted molar refractivity (Wildman–Crippen MR) is 104 cm³/mol. The first-order valence-electron chi connectivity index (χ1n) is 8.38. The zero-order valence-corrected chi connectivity index (χ0v) is 15.9. The van der Waals surface area contributed by atoms with E-state index < -0.39 is 11.8 Å². The van der Waals surface area contributed by atoms with E-state index in [1.54, 1.807) is 12.3 Å². The van der Waals surface area contributed by atoms with Gasteiger partial charge in [0.05, 0.1) is 19.2 Å². The monoisotopic (exact) mass is 384 g/mol. The molecule has 4 rings (SSSR count). The van der Waals surface area contributed by atoms with Gasteiger partial charge in [-0.15, -0.1) is 0 Å². The Hall–Kier alpha value is -2.74. The summed E-state index contributed by atoms with van der Waals surface area (Å²) in [6.07, 6.45) is 5.50. The van der Waals surface area contributed by atoms with Crippen LogP contribution in [-0.4, -0.2) is 48.2 Å². The molecule has 138 valence electrons. The Kier molecular flexibility index (Phi) is 4.43. The zero-order chi connectivity index (χ0) is 19.1. The summed E-state index contributed by atoms with van der Waals surface area (Å²) in [5.74, 6) is 0.130. The Balaban J connectivity index is 1.94. The molecule has 0 N–H and O–H groups in total. The molecule has 3 heterocycles. The number of carbonyl (C=O) groups excluding carboxylic acids is 1. The van der Waals surface area contributed by atoms with Crippen LogP contribution in [-0.2, 0) is 4.74 Å². The minimum Gasteiger partial charge on any atom is -0.465 e. The summed E-state index contributed by atoms with van der Waals surface area (Å²) in [6, 6.07) is 3.16. The molecule has 0 spiro atoms. The molecular weight excluding hydrogens is 367 g/mol. The molecule has 2 aliphatic heterocycles. The second kappa shape index (κ2) is 6.77. The van der Waals surface area contributed by atoms with Gasteiger partial charge in [-0.05, 0) is 30.9 Å². The van der Waals surface area contributed by atoms with Crippen molar-refractivity contribution in [1.29, 1.82) is 0 Å². The fraction of sp³-hybridized carbons (Fsp3) is 0.263. The fourth-order valence-corrected chi connectivity index (χ4v) is 3.68. The number of fused-ring (bicyclic) bond motifs is 3. The molecule has 0 amide bonds. The van der Waals surface area contributed by atoms with E-state index in [0.29, 0.717) is 40.8 Å². The van der Waals surface area contributed by atoms with Crippen LogP contribution in [0, 0.1) is 12.7 Å². The maximum Gasteiger partial charge on any atom is 0.340 e. The van der Waals surface area contributed by atoms with Crippen LogP contribution < -0.4 is 4.90 Å². The maximum atomic E-state index is 15.3. The summed E-state index contributed by atoms with van der Waals surface area (Å²) in [7, 11) is 1.24. The lowest BCUT2D eigenvalue weighted by Crippen LogP contribution is -2.33. The highest BCUT2D eigenvalue weighted by Gasteiger charge is 2.33. The number of halogens is 1. The first kappa shape index (κ1) is 17.7. The lowest BCUT2D eigenvalue weighted by Gasteiger charge is -2.28. The highest BCUT2D eigenvalue weighted by Crippen LogP contribution is 2.37. The lowest BCUT2D eigenvalue weighted by atomic mass is 9.92. The number of amidine groups is 1. The van der Waals surface area contributed by atoms with Gasteiger partial charge in [0.1, 0.15) is 17.5 Å². The van der Waals surface area contributed by atoms with Crippen molar-refractivity contribution < 1.29 is 13.9 Å². The highest BCUT2D eigenvalue weighted by atomic mass is 32.2. The summed E-state index contributed by atoms with van der Waals surface area (Å²) < 4.78 is 20.0. The standard InChI is InChI=1S/C19H17FN4O2S/c1-10-4-5-12(18(25)26-2)15(20)14(10)13-8-11-9-22-19(27-3)23-16(11)24-7-6-21-17(13)24/h4-5,8-9H,6-7H2,1-3H3. The van der Waals surface area contributed by atoms with Gasteiger partial charge in [0.15, 0.2) is 5.16 Å². The van der Waals surface area contributed by atoms with Crippen LogP contribution in [0.5, 0.6) is 0 Å². The second-order valence-electron chi connectivity index (χ2n) is 6.16. The zero-order valence-electron chi connectivity index (χ0n) is 15.1. The summed E-state index contributed by atoms with van der Waals surface area (Å²) in [5, 5.41) is 0.673. The summed E-state index contributed by atoms with van der Waals surface area (Å²) in [5.41, 5.74) is 2.39. The number of ether oxygens (including phenoxy) is 1. The molecule has 0 aliphatic carbocycles. The molecule has 0 saturated carbocycles. The Morgan fingerprint density at radius 3 is 2.93 bits per heavy atom. The largest absolute Gasteiger partial charge is 0.465 e. The SMILES string of the molecule is COC(=O)c1ccc(C)c(C2=Cc3cnc(SC)nc3N3CCN=C23)c1F. The van der Waals surface area contributed by atoms with E-state index in [2.05, 4.69) is 15.0 Å². The molecule has 2 aromatic rings. The minimum absolute atomic E-state index is 0.0936. The lowest BCUT2D eigenvalue weighted by molar-refractivity contribution is 0.0595. The first-order valence-corrected chi connectivity index (χ1v) is 9.60. The molecular formula is C19H17FN4O2S. The number of aromatic nitrogens is 2. The molecule has 0 unspecified atom stereocenters. The number of anilines is 1. The molecule has 0 bridgehead atoms. The normalized spacial score (nSPS) is 15.0. The smallest absolute Gasteiger partial charge is 0.340 e. The van der Waals surface area contributed by atoms with Crippen LogP contribution in [0.4, 0.5) is 10.2 Å². The van der Waals surface area contributed by atoms with Crippen molar-refractivity contribution in [3.8, 4) is 0 Å². The number of hydrogen-bond donors (Lipinski definition) is 0. The third kappa shape index (κ3) is 2.80. The van der Waals surface area contributed by atoms with Gasteiger partial charge >= 0.3 is 5.97 Å². The van der Waals surface area contributed by atoms with Gasteiger partial charge in [-0.2, -0.15) is 0 Å². The van der Waals surface area contributed by atoms with E-state index in [-0.39, 0.29) is 5.56 Å². The molecule has 1 aromatic heterocycles. The van der Waals surface area contributed by atoms with Crippen LogP contribution in [0.3, 0.4) is 0 Å². The van der Waals surface area contributed by atoms with E-state index in [0.717, 1.165) is 11.4 Å². The van der Waals surface area contributed by atoms with Crippen LogP contribution in [0.15, 0.2) is 28.5 Å². The number of esters is 1. The number of aryl methyl sites for hydroxylation is 1. The fourth-order valence-electron chi connectivity index (χ4n) is 3.34. The number of benzene rings is 1. The molecule has 27 heavy (non-hydrogen) atoms. The number of methoxy groups -OCH3 is 1. The van der Waals surface area contributed by atoms with E-state index in [1.807, 2.05) is 24.2 Å². The van der Waals surface area contributed by atoms with Gasteiger partial charge in [-0.3, -0.25) is 4.99 Å². The predicted octanol–water partition coefficient (Wildman–Crippen LogP) is 3.21. The van der Waals surface area contributed by atoms with Gasteiger partial charge < -0.3 is 9.64 Å². The average molecular weight is 384 g/mol. The van der Waals surface area contributed by atoms with E-state index >= 15 is 4.39 Å². The van der Waals surface area contributed by atoms with Crippen LogP contribution in [0.25, 0.3) is 11.6 Å². The van der Waals surface area contributed by atoms with Gasteiger partial charge in [0, 0.05) is 29.4 Å². The van der Waals surface area contributed by atoms with Crippen molar-refractivity contribution >= 4 is 41.0 Å². The average Bonchev–Trinajstić information content (AvgIpc) is 3.17. The van der Waals surface area contributed by atoms with Gasteiger partial charge in [-0.25, -0.2) is 19.2 Å². The van der Waals surface area contributed by atoms with E-state index in [1.165, 1.54) is 24.9 Å². The summed E-state index contributed by atoms with van der Waals surface area (Å²) in [4.78, 5) is 27.4. The first-order chi connectivity index (χ1) is 13.0. The van der Waals surface area contributed by atoms with E-state index in [4.69, 9.17) is 4.74 Å². The van der Waals surface area contributed by atoms with Crippen molar-refractivity contribution in [2.75, 3.05) is 31.4 Å². The molecule has 1 aromatic carbocycles. The molecule has 6 nitrogen and oxygen atoms in total. The number of thioether (sulfide) groups is 1.